The minimum absolute atomic E-state index is 0.206. The van der Waals surface area contributed by atoms with Crippen LogP contribution >= 0.6 is 0 Å². The van der Waals surface area contributed by atoms with Gasteiger partial charge in [-0.3, -0.25) is 0 Å². The fourth-order valence-electron chi connectivity index (χ4n) is 2.80. The number of nitrogens with zero attached hydrogens (tertiary/aromatic N) is 2. The fraction of sp³-hybridized carbons (Fsp3) is 0.727. The highest BCUT2D eigenvalue weighted by Crippen LogP contribution is 2.24. The van der Waals surface area contributed by atoms with E-state index >= 15 is 0 Å². The Bertz CT molecular complexity index is 539. The number of hydrogen-bond donors (Lipinski definition) is 2. The molecule has 2 atom stereocenters. The molecule has 1 aromatic heterocycles. The van der Waals surface area contributed by atoms with Crippen LogP contribution in [0.5, 0.6) is 0 Å². The molecule has 18 heavy (non-hydrogen) atoms. The summed E-state index contributed by atoms with van der Waals surface area (Å²) in [7, 11) is -3.41. The first-order valence-electron chi connectivity index (χ1n) is 6.33. The van der Waals surface area contributed by atoms with Crippen LogP contribution in [0, 0.1) is 6.92 Å². The summed E-state index contributed by atoms with van der Waals surface area (Å²) in [4.78, 5) is 6.79. The average molecular weight is 270 g/mol. The molecule has 2 N–H and O–H groups in total. The first kappa shape index (κ1) is 12.1. The molecule has 2 unspecified atom stereocenters. The third-order valence-electron chi connectivity index (χ3n) is 3.78. The maximum absolute atomic E-state index is 12.5. The second-order valence-electron chi connectivity index (χ2n) is 5.12. The molecule has 2 aliphatic heterocycles. The van der Waals surface area contributed by atoms with Crippen LogP contribution in [0.1, 0.15) is 25.1 Å². The summed E-state index contributed by atoms with van der Waals surface area (Å²) in [5.74, 6) is 0.628. The van der Waals surface area contributed by atoms with Gasteiger partial charge in [-0.15, -0.1) is 0 Å². The predicted octanol–water partition coefficient (Wildman–Crippen LogP) is 0.233. The van der Waals surface area contributed by atoms with Crippen LogP contribution in [0.15, 0.2) is 11.2 Å². The fourth-order valence-corrected chi connectivity index (χ4v) is 4.26. The number of imidazole rings is 1. The molecule has 0 amide bonds. The van der Waals surface area contributed by atoms with Crippen molar-refractivity contribution in [2.75, 3.05) is 13.1 Å². The normalized spacial score (nSPS) is 29.4. The van der Waals surface area contributed by atoms with Crippen LogP contribution in [-0.4, -0.2) is 47.9 Å². The molecule has 0 saturated carbocycles. The molecule has 0 radical (unpaired) electrons. The van der Waals surface area contributed by atoms with Crippen LogP contribution in [0.3, 0.4) is 0 Å². The highest BCUT2D eigenvalue weighted by molar-refractivity contribution is 7.89. The maximum Gasteiger partial charge on any atom is 0.260 e. The molecular formula is C11H18N4O2S. The lowest BCUT2D eigenvalue weighted by atomic mass is 10.1. The van der Waals surface area contributed by atoms with E-state index in [-0.39, 0.29) is 5.03 Å². The third kappa shape index (κ3) is 2.06. The van der Waals surface area contributed by atoms with Gasteiger partial charge in [0.1, 0.15) is 5.82 Å². The molecule has 2 saturated heterocycles. The van der Waals surface area contributed by atoms with Gasteiger partial charge in [-0.05, 0) is 26.2 Å². The summed E-state index contributed by atoms with van der Waals surface area (Å²) in [5.41, 5.74) is 0. The zero-order valence-corrected chi connectivity index (χ0v) is 11.2. The molecular weight excluding hydrogens is 252 g/mol. The molecule has 0 aliphatic carbocycles. The van der Waals surface area contributed by atoms with E-state index in [4.69, 9.17) is 0 Å². The summed E-state index contributed by atoms with van der Waals surface area (Å²) in [6.45, 7) is 2.91. The Kier molecular flexibility index (Phi) is 2.91. The van der Waals surface area contributed by atoms with Gasteiger partial charge in [0.15, 0.2) is 5.03 Å². The number of sulfonamides is 1. The lowest BCUT2D eigenvalue weighted by Gasteiger charge is -2.22. The molecule has 3 heterocycles. The molecule has 0 spiro atoms. The number of aromatic amines is 1. The monoisotopic (exact) mass is 270 g/mol. The van der Waals surface area contributed by atoms with Crippen molar-refractivity contribution in [2.45, 2.75) is 43.3 Å². The second kappa shape index (κ2) is 4.32. The zero-order valence-electron chi connectivity index (χ0n) is 10.4. The van der Waals surface area contributed by atoms with E-state index in [9.17, 15) is 8.42 Å². The van der Waals surface area contributed by atoms with E-state index in [1.54, 1.807) is 11.2 Å². The highest BCUT2D eigenvalue weighted by atomic mass is 32.2. The van der Waals surface area contributed by atoms with E-state index in [0.717, 1.165) is 12.8 Å². The number of aryl methyl sites for hydroxylation is 1. The van der Waals surface area contributed by atoms with Gasteiger partial charge in [0.05, 0.1) is 6.20 Å². The number of hydrogen-bond acceptors (Lipinski definition) is 4. The largest absolute Gasteiger partial charge is 0.332 e. The smallest absolute Gasteiger partial charge is 0.260 e. The quantitative estimate of drug-likeness (QED) is 0.806. The van der Waals surface area contributed by atoms with E-state index in [2.05, 4.69) is 15.3 Å². The Balaban J connectivity index is 1.85. The molecule has 7 heteroatoms. The van der Waals surface area contributed by atoms with E-state index < -0.39 is 10.0 Å². The van der Waals surface area contributed by atoms with E-state index in [0.29, 0.717) is 31.0 Å². The van der Waals surface area contributed by atoms with Crippen LogP contribution in [-0.2, 0) is 10.0 Å². The Labute approximate surface area is 107 Å². The van der Waals surface area contributed by atoms with Crippen molar-refractivity contribution in [2.24, 2.45) is 0 Å². The Morgan fingerprint density at radius 2 is 2.11 bits per heavy atom. The zero-order chi connectivity index (χ0) is 12.8. The van der Waals surface area contributed by atoms with Crippen LogP contribution in [0.2, 0.25) is 0 Å². The first-order valence-corrected chi connectivity index (χ1v) is 7.77. The van der Waals surface area contributed by atoms with Crippen LogP contribution in [0.4, 0.5) is 0 Å². The third-order valence-corrected chi connectivity index (χ3v) is 5.56. The van der Waals surface area contributed by atoms with Crippen molar-refractivity contribution in [3.05, 3.63) is 12.0 Å². The first-order chi connectivity index (χ1) is 8.55. The SMILES string of the molecule is Cc1ncc(S(=O)(=O)N2CCC3CCC(C2)N3)[nH]1. The van der Waals surface area contributed by atoms with Crippen molar-refractivity contribution in [1.82, 2.24) is 19.6 Å². The molecule has 1 aromatic rings. The molecule has 100 valence electrons. The summed E-state index contributed by atoms with van der Waals surface area (Å²) in [5, 5.41) is 3.69. The molecule has 6 nitrogen and oxygen atoms in total. The molecule has 2 bridgehead atoms. The van der Waals surface area contributed by atoms with E-state index in [1.807, 2.05) is 0 Å². The van der Waals surface area contributed by atoms with Gasteiger partial charge in [-0.1, -0.05) is 0 Å². The number of aromatic nitrogens is 2. The maximum atomic E-state index is 12.5. The summed E-state index contributed by atoms with van der Waals surface area (Å²) >= 11 is 0. The molecule has 2 aliphatic rings. The Morgan fingerprint density at radius 1 is 1.33 bits per heavy atom. The van der Waals surface area contributed by atoms with Crippen molar-refractivity contribution in [1.29, 1.82) is 0 Å². The summed E-state index contributed by atoms with van der Waals surface area (Å²) < 4.78 is 26.5. The van der Waals surface area contributed by atoms with E-state index in [1.165, 1.54) is 12.6 Å². The van der Waals surface area contributed by atoms with Crippen molar-refractivity contribution in [3.63, 3.8) is 0 Å². The van der Waals surface area contributed by atoms with Gasteiger partial charge >= 0.3 is 0 Å². The van der Waals surface area contributed by atoms with Crippen LogP contribution in [0.25, 0.3) is 0 Å². The van der Waals surface area contributed by atoms with Crippen LogP contribution < -0.4 is 5.32 Å². The average Bonchev–Trinajstić information content (AvgIpc) is 2.85. The minimum Gasteiger partial charge on any atom is -0.332 e. The molecule has 3 rings (SSSR count). The van der Waals surface area contributed by atoms with Gasteiger partial charge in [0.25, 0.3) is 10.0 Å². The van der Waals surface area contributed by atoms with Crippen molar-refractivity contribution >= 4 is 10.0 Å². The molecule has 0 aromatic carbocycles. The second-order valence-corrected chi connectivity index (χ2v) is 7.03. The van der Waals surface area contributed by atoms with Gasteiger partial charge in [0, 0.05) is 25.2 Å². The number of rotatable bonds is 2. The Morgan fingerprint density at radius 3 is 2.83 bits per heavy atom. The van der Waals surface area contributed by atoms with Gasteiger partial charge in [-0.2, -0.15) is 4.31 Å². The van der Waals surface area contributed by atoms with Gasteiger partial charge in [0.2, 0.25) is 0 Å². The molecule has 2 fully saturated rings. The van der Waals surface area contributed by atoms with Gasteiger partial charge < -0.3 is 10.3 Å². The highest BCUT2D eigenvalue weighted by Gasteiger charge is 2.35. The van der Waals surface area contributed by atoms with Gasteiger partial charge in [-0.25, -0.2) is 13.4 Å². The van der Waals surface area contributed by atoms with Crippen molar-refractivity contribution in [3.8, 4) is 0 Å². The number of nitrogens with one attached hydrogen (secondary N) is 2. The Hall–Kier alpha value is -0.920. The predicted molar refractivity (Wildman–Crippen MR) is 66.6 cm³/mol. The topological polar surface area (TPSA) is 78.1 Å². The lowest BCUT2D eigenvalue weighted by Crippen LogP contribution is -2.39. The minimum atomic E-state index is -3.41. The summed E-state index contributed by atoms with van der Waals surface area (Å²) in [6, 6.07) is 0.787. The summed E-state index contributed by atoms with van der Waals surface area (Å²) in [6.07, 6.45) is 4.53. The van der Waals surface area contributed by atoms with Crippen molar-refractivity contribution < 1.29 is 8.42 Å². The number of fused-ring (bicyclic) bond motifs is 2. The lowest BCUT2D eigenvalue weighted by molar-refractivity contribution is 0.382. The standard InChI is InChI=1S/C11H18N4O2S/c1-8-12-6-11(13-8)18(16,17)15-5-4-9-2-3-10(7-15)14-9/h6,9-10,14H,2-5,7H2,1H3,(H,12,13). The number of H-pyrrole nitrogens is 1.